The summed E-state index contributed by atoms with van der Waals surface area (Å²) < 4.78 is 5.99. The molecule has 1 saturated heterocycles. The highest BCUT2D eigenvalue weighted by Crippen LogP contribution is 2.20. The van der Waals surface area contributed by atoms with Crippen molar-refractivity contribution >= 4 is 0 Å². The van der Waals surface area contributed by atoms with Gasteiger partial charge in [-0.2, -0.15) is 0 Å². The first-order valence-electron chi connectivity index (χ1n) is 9.09. The summed E-state index contributed by atoms with van der Waals surface area (Å²) in [6.45, 7) is 6.79. The molecule has 0 spiro atoms. The number of nitrogens with zero attached hydrogens (tertiary/aromatic N) is 1. The maximum absolute atomic E-state index is 5.99. The summed E-state index contributed by atoms with van der Waals surface area (Å²) in [5.74, 6) is 1.05. The largest absolute Gasteiger partial charge is 0.494 e. The molecule has 0 unspecified atom stereocenters. The number of likely N-dealkylation sites (tertiary alicyclic amines) is 1. The lowest BCUT2D eigenvalue weighted by Gasteiger charge is -2.19. The van der Waals surface area contributed by atoms with E-state index < -0.39 is 0 Å². The molecule has 0 amide bonds. The molecule has 2 heterocycles. The van der Waals surface area contributed by atoms with Crippen LogP contribution in [0.1, 0.15) is 43.2 Å². The van der Waals surface area contributed by atoms with Gasteiger partial charge in [0.25, 0.3) is 0 Å². The van der Waals surface area contributed by atoms with E-state index in [2.05, 4.69) is 28.4 Å². The fraction of sp³-hybridized carbons (Fsp3) is 0.684. The van der Waals surface area contributed by atoms with Crippen molar-refractivity contribution in [1.82, 2.24) is 10.2 Å². The van der Waals surface area contributed by atoms with Crippen molar-refractivity contribution in [3.63, 3.8) is 0 Å². The van der Waals surface area contributed by atoms with Gasteiger partial charge in [0.05, 0.1) is 6.61 Å². The molecule has 2 aliphatic rings. The van der Waals surface area contributed by atoms with Gasteiger partial charge in [0.15, 0.2) is 0 Å². The number of hydrogen-bond donors (Lipinski definition) is 1. The normalized spacial score (nSPS) is 20.0. The SMILES string of the molecule is c1cc2c(cc1OCCCN1CCCCCC1)CCNCC2. The Hall–Kier alpha value is -1.06. The first-order chi connectivity index (χ1) is 10.9. The number of hydrogen-bond acceptors (Lipinski definition) is 3. The van der Waals surface area contributed by atoms with Crippen LogP contribution in [-0.2, 0) is 12.8 Å². The Balaban J connectivity index is 1.42. The van der Waals surface area contributed by atoms with E-state index in [1.165, 1.54) is 56.4 Å². The first kappa shape index (κ1) is 15.8. The van der Waals surface area contributed by atoms with E-state index in [-0.39, 0.29) is 0 Å². The van der Waals surface area contributed by atoms with E-state index >= 15 is 0 Å². The summed E-state index contributed by atoms with van der Waals surface area (Å²) in [5, 5.41) is 3.46. The number of nitrogens with one attached hydrogen (secondary N) is 1. The molecule has 3 rings (SSSR count). The predicted octanol–water partition coefficient (Wildman–Crippen LogP) is 3.02. The Morgan fingerprint density at radius 3 is 2.55 bits per heavy atom. The summed E-state index contributed by atoms with van der Waals surface area (Å²) in [5.41, 5.74) is 2.96. The fourth-order valence-electron chi connectivity index (χ4n) is 3.58. The molecule has 22 heavy (non-hydrogen) atoms. The molecule has 0 radical (unpaired) electrons. The van der Waals surface area contributed by atoms with Gasteiger partial charge in [-0.25, -0.2) is 0 Å². The summed E-state index contributed by atoms with van der Waals surface area (Å²) >= 11 is 0. The first-order valence-corrected chi connectivity index (χ1v) is 9.09. The molecule has 1 aromatic rings. The highest BCUT2D eigenvalue weighted by atomic mass is 16.5. The molecule has 0 saturated carbocycles. The van der Waals surface area contributed by atoms with Crippen LogP contribution in [0.15, 0.2) is 18.2 Å². The Morgan fingerprint density at radius 1 is 0.955 bits per heavy atom. The minimum Gasteiger partial charge on any atom is -0.494 e. The lowest BCUT2D eigenvalue weighted by molar-refractivity contribution is 0.240. The quantitative estimate of drug-likeness (QED) is 0.846. The van der Waals surface area contributed by atoms with Gasteiger partial charge in [-0.05, 0) is 81.5 Å². The fourth-order valence-corrected chi connectivity index (χ4v) is 3.58. The highest BCUT2D eigenvalue weighted by molar-refractivity contribution is 5.36. The van der Waals surface area contributed by atoms with Crippen LogP contribution in [0, 0.1) is 0 Å². The summed E-state index contributed by atoms with van der Waals surface area (Å²) in [4.78, 5) is 2.61. The summed E-state index contributed by atoms with van der Waals surface area (Å²) in [6, 6.07) is 6.66. The van der Waals surface area contributed by atoms with Gasteiger partial charge in [0.1, 0.15) is 5.75 Å². The monoisotopic (exact) mass is 302 g/mol. The maximum atomic E-state index is 5.99. The van der Waals surface area contributed by atoms with Crippen molar-refractivity contribution in [2.45, 2.75) is 44.9 Å². The van der Waals surface area contributed by atoms with E-state index in [1.807, 2.05) is 0 Å². The third-order valence-corrected chi connectivity index (χ3v) is 4.91. The van der Waals surface area contributed by atoms with Gasteiger partial charge in [0.2, 0.25) is 0 Å². The molecule has 1 N–H and O–H groups in total. The van der Waals surface area contributed by atoms with E-state index in [9.17, 15) is 0 Å². The van der Waals surface area contributed by atoms with Crippen LogP contribution in [0.5, 0.6) is 5.75 Å². The molecule has 0 aromatic heterocycles. The lowest BCUT2D eigenvalue weighted by Crippen LogP contribution is -2.26. The average molecular weight is 302 g/mol. The van der Waals surface area contributed by atoms with Crippen molar-refractivity contribution < 1.29 is 4.74 Å². The van der Waals surface area contributed by atoms with Crippen LogP contribution in [0.4, 0.5) is 0 Å². The van der Waals surface area contributed by atoms with Crippen molar-refractivity contribution in [3.8, 4) is 5.75 Å². The average Bonchev–Trinajstić information content (AvgIpc) is 2.93. The topological polar surface area (TPSA) is 24.5 Å². The molecule has 0 bridgehead atoms. The number of benzene rings is 1. The number of ether oxygens (including phenoxy) is 1. The molecular formula is C19H30N2O. The summed E-state index contributed by atoms with van der Waals surface area (Å²) in [7, 11) is 0. The second-order valence-corrected chi connectivity index (χ2v) is 6.64. The second-order valence-electron chi connectivity index (χ2n) is 6.64. The Kier molecular flexibility index (Phi) is 6.14. The molecule has 1 aromatic carbocycles. The molecule has 1 fully saturated rings. The molecule has 122 valence electrons. The molecule has 0 aliphatic carbocycles. The molecule has 2 aliphatic heterocycles. The molecule has 3 heteroatoms. The smallest absolute Gasteiger partial charge is 0.119 e. The van der Waals surface area contributed by atoms with Gasteiger partial charge < -0.3 is 15.0 Å². The van der Waals surface area contributed by atoms with Crippen molar-refractivity contribution in [3.05, 3.63) is 29.3 Å². The molecule has 0 atom stereocenters. The third kappa shape index (κ3) is 4.72. The van der Waals surface area contributed by atoms with Crippen LogP contribution in [0.2, 0.25) is 0 Å². The van der Waals surface area contributed by atoms with Crippen LogP contribution >= 0.6 is 0 Å². The van der Waals surface area contributed by atoms with Crippen molar-refractivity contribution in [2.24, 2.45) is 0 Å². The van der Waals surface area contributed by atoms with Crippen LogP contribution in [0.3, 0.4) is 0 Å². The Morgan fingerprint density at radius 2 is 1.73 bits per heavy atom. The van der Waals surface area contributed by atoms with Gasteiger partial charge in [-0.15, -0.1) is 0 Å². The van der Waals surface area contributed by atoms with Gasteiger partial charge in [0, 0.05) is 6.54 Å². The zero-order valence-corrected chi connectivity index (χ0v) is 13.8. The predicted molar refractivity (Wildman–Crippen MR) is 91.7 cm³/mol. The Bertz CT molecular complexity index is 453. The second kappa shape index (κ2) is 8.54. The number of rotatable bonds is 5. The van der Waals surface area contributed by atoms with Crippen LogP contribution < -0.4 is 10.1 Å². The van der Waals surface area contributed by atoms with E-state index in [1.54, 1.807) is 0 Å². The van der Waals surface area contributed by atoms with Crippen LogP contribution in [0.25, 0.3) is 0 Å². The maximum Gasteiger partial charge on any atom is 0.119 e. The summed E-state index contributed by atoms with van der Waals surface area (Å²) in [6.07, 6.45) is 8.98. The van der Waals surface area contributed by atoms with E-state index in [0.29, 0.717) is 0 Å². The zero-order chi connectivity index (χ0) is 15.0. The van der Waals surface area contributed by atoms with Gasteiger partial charge in [-0.3, -0.25) is 0 Å². The standard InChI is InChI=1S/C19H30N2O/c1-2-4-13-21(12-3-1)14-5-15-22-19-7-6-17-8-10-20-11-9-18(17)16-19/h6-7,16,20H,1-5,8-15H2. The third-order valence-electron chi connectivity index (χ3n) is 4.91. The minimum atomic E-state index is 0.841. The minimum absolute atomic E-state index is 0.841. The van der Waals surface area contributed by atoms with Gasteiger partial charge in [-0.1, -0.05) is 18.9 Å². The van der Waals surface area contributed by atoms with Crippen molar-refractivity contribution in [2.75, 3.05) is 39.3 Å². The van der Waals surface area contributed by atoms with E-state index in [4.69, 9.17) is 4.74 Å². The van der Waals surface area contributed by atoms with E-state index in [0.717, 1.165) is 44.7 Å². The zero-order valence-electron chi connectivity index (χ0n) is 13.8. The molecular weight excluding hydrogens is 272 g/mol. The highest BCUT2D eigenvalue weighted by Gasteiger charge is 2.10. The molecule has 3 nitrogen and oxygen atoms in total. The lowest BCUT2D eigenvalue weighted by atomic mass is 10.0. The van der Waals surface area contributed by atoms with Crippen LogP contribution in [-0.4, -0.2) is 44.2 Å². The Labute approximate surface area is 135 Å². The van der Waals surface area contributed by atoms with Crippen molar-refractivity contribution in [1.29, 1.82) is 0 Å². The number of fused-ring (bicyclic) bond motifs is 1. The van der Waals surface area contributed by atoms with Gasteiger partial charge >= 0.3 is 0 Å².